The summed E-state index contributed by atoms with van der Waals surface area (Å²) >= 11 is 10.9. The number of alkyl halides is 1. The monoisotopic (exact) mass is 264 g/mol. The molecule has 0 aliphatic carbocycles. The summed E-state index contributed by atoms with van der Waals surface area (Å²) in [6.45, 7) is 0. The van der Waals surface area contributed by atoms with Crippen molar-refractivity contribution in [3.63, 3.8) is 0 Å². The van der Waals surface area contributed by atoms with E-state index in [4.69, 9.17) is 11.6 Å². The largest absolute Gasteiger partial charge is 0.316 e. The summed E-state index contributed by atoms with van der Waals surface area (Å²) in [6, 6.07) is 0. The van der Waals surface area contributed by atoms with Gasteiger partial charge in [-0.15, -0.1) is 0 Å². The fraction of sp³-hybridized carbons (Fsp3) is 0.143. The van der Waals surface area contributed by atoms with Crippen LogP contribution in [-0.2, 0) is 0 Å². The first kappa shape index (κ1) is 8.53. The van der Waals surface area contributed by atoms with Gasteiger partial charge in [-0.05, 0) is 11.6 Å². The lowest BCUT2D eigenvalue weighted by atomic mass is 10.2. The molecule has 0 unspecified atom stereocenters. The molecule has 0 atom stereocenters. The molecular weight excluding hydrogens is 260 g/mol. The number of nitrogens with zero attached hydrogens (tertiary/aromatic N) is 1. The zero-order valence-electron chi connectivity index (χ0n) is 6.05. The maximum absolute atomic E-state index is 6.00. The van der Waals surface area contributed by atoms with Gasteiger partial charge in [-0.2, -0.15) is 0 Å². The van der Waals surface area contributed by atoms with E-state index in [1.54, 1.807) is 0 Å². The Balaban J connectivity index is 2.33. The Bertz CT molecular complexity index is 298. The Morgan fingerprint density at radius 2 is 2.50 bits per heavy atom. The molecule has 0 fully saturated rings. The van der Waals surface area contributed by atoms with Gasteiger partial charge in [0.25, 0.3) is 0 Å². The minimum Gasteiger partial charge on any atom is -0.316 e. The van der Waals surface area contributed by atoms with Gasteiger partial charge in [0.1, 0.15) is 0 Å². The van der Waals surface area contributed by atoms with Gasteiger partial charge >= 0.3 is 0 Å². The Labute approximate surface area is 88.7 Å². The first-order chi connectivity index (χ1) is 5.81. The number of hydrogen-bond acceptors (Lipinski definition) is 3. The number of halogens is 2. The van der Waals surface area contributed by atoms with Gasteiger partial charge in [-0.3, -0.25) is 4.31 Å². The molecule has 0 aromatic rings. The van der Waals surface area contributed by atoms with Gasteiger partial charge in [0, 0.05) is 17.7 Å². The molecule has 5 heteroatoms. The van der Waals surface area contributed by atoms with E-state index in [1.165, 1.54) is 12.1 Å². The second-order valence-corrected chi connectivity index (χ2v) is 4.16. The second kappa shape index (κ2) is 3.36. The summed E-state index contributed by atoms with van der Waals surface area (Å²) in [7, 11) is 0. The summed E-state index contributed by atoms with van der Waals surface area (Å²) in [6.07, 6.45) is 5.92. The predicted octanol–water partition coefficient (Wildman–Crippen LogP) is 2.71. The average molecular weight is 266 g/mol. The van der Waals surface area contributed by atoms with E-state index in [2.05, 4.69) is 26.7 Å². The molecule has 0 spiro atoms. The highest BCUT2D eigenvalue weighted by molar-refractivity contribution is 9.09. The second-order valence-electron chi connectivity index (χ2n) is 2.38. The van der Waals surface area contributed by atoms with Crippen LogP contribution in [0.2, 0.25) is 0 Å². The fourth-order valence-corrected chi connectivity index (χ4v) is 2.56. The summed E-state index contributed by atoms with van der Waals surface area (Å²) in [4.78, 5) is 0. The van der Waals surface area contributed by atoms with Crippen molar-refractivity contribution < 1.29 is 0 Å². The number of fused-ring (bicyclic) bond motifs is 1. The van der Waals surface area contributed by atoms with Crippen molar-refractivity contribution in [2.45, 2.75) is 0 Å². The molecule has 0 amide bonds. The molecule has 2 rings (SSSR count). The lowest BCUT2D eigenvalue weighted by Crippen LogP contribution is -2.08. The Kier molecular flexibility index (Phi) is 2.39. The van der Waals surface area contributed by atoms with Gasteiger partial charge in [0.2, 0.25) is 0 Å². The molecule has 64 valence electrons. The van der Waals surface area contributed by atoms with Crippen molar-refractivity contribution in [1.82, 2.24) is 9.03 Å². The van der Waals surface area contributed by atoms with E-state index in [-0.39, 0.29) is 0 Å². The maximum Gasteiger partial charge on any atom is 0.0726 e. The molecule has 0 aromatic heterocycles. The molecule has 2 nitrogen and oxygen atoms in total. The smallest absolute Gasteiger partial charge is 0.0726 e. The van der Waals surface area contributed by atoms with Crippen molar-refractivity contribution in [3.05, 3.63) is 34.8 Å². The third-order valence-electron chi connectivity index (χ3n) is 1.62. The highest BCUT2D eigenvalue weighted by Crippen LogP contribution is 2.33. The molecule has 0 bridgehead atoms. The normalized spacial score (nSPS) is 20.8. The lowest BCUT2D eigenvalue weighted by molar-refractivity contribution is 0.798. The minimum atomic E-state index is 0.790. The third-order valence-corrected chi connectivity index (χ3v) is 3.30. The molecule has 2 heterocycles. The number of rotatable bonds is 1. The van der Waals surface area contributed by atoms with Crippen molar-refractivity contribution in [2.75, 3.05) is 5.33 Å². The van der Waals surface area contributed by atoms with Crippen LogP contribution in [-0.4, -0.2) is 9.64 Å². The topological polar surface area (TPSA) is 15.3 Å². The zero-order valence-corrected chi connectivity index (χ0v) is 9.21. The van der Waals surface area contributed by atoms with Gasteiger partial charge < -0.3 is 4.72 Å². The standard InChI is InChI=1S/C7H6BrClN2S/c8-2-5-1-6-3-10-12-11(6)4-7(5)9/h1,3-4,10H,2H2. The van der Waals surface area contributed by atoms with Crippen LogP contribution in [0.4, 0.5) is 0 Å². The van der Waals surface area contributed by atoms with Crippen LogP contribution < -0.4 is 4.72 Å². The quantitative estimate of drug-likeness (QED) is 0.580. The van der Waals surface area contributed by atoms with Crippen molar-refractivity contribution in [2.24, 2.45) is 0 Å². The summed E-state index contributed by atoms with van der Waals surface area (Å²) in [5, 5.41) is 1.58. The van der Waals surface area contributed by atoms with Gasteiger partial charge in [-0.25, -0.2) is 0 Å². The van der Waals surface area contributed by atoms with E-state index >= 15 is 0 Å². The first-order valence-corrected chi connectivity index (χ1v) is 5.64. The molecule has 12 heavy (non-hydrogen) atoms. The van der Waals surface area contributed by atoms with Crippen LogP contribution in [0.1, 0.15) is 0 Å². The minimum absolute atomic E-state index is 0.790. The van der Waals surface area contributed by atoms with Crippen molar-refractivity contribution in [1.29, 1.82) is 0 Å². The van der Waals surface area contributed by atoms with Crippen LogP contribution in [0, 0.1) is 0 Å². The zero-order chi connectivity index (χ0) is 8.55. The van der Waals surface area contributed by atoms with Crippen LogP contribution in [0.3, 0.4) is 0 Å². The number of hydrogen-bond donors (Lipinski definition) is 1. The average Bonchev–Trinajstić information content (AvgIpc) is 2.49. The molecule has 0 saturated carbocycles. The van der Waals surface area contributed by atoms with Gasteiger partial charge in [0.15, 0.2) is 0 Å². The number of nitrogens with one attached hydrogen (secondary N) is 1. The summed E-state index contributed by atoms with van der Waals surface area (Å²) < 4.78 is 5.04. The predicted molar refractivity (Wildman–Crippen MR) is 56.5 cm³/mol. The fourth-order valence-electron chi connectivity index (χ4n) is 1.00. The summed E-state index contributed by atoms with van der Waals surface area (Å²) in [5.74, 6) is 0. The highest BCUT2D eigenvalue weighted by Gasteiger charge is 2.19. The molecule has 0 aromatic carbocycles. The number of allylic oxidation sites excluding steroid dienone is 3. The van der Waals surface area contributed by atoms with Gasteiger partial charge in [0.05, 0.1) is 22.9 Å². The van der Waals surface area contributed by atoms with Crippen LogP contribution in [0.15, 0.2) is 34.8 Å². The van der Waals surface area contributed by atoms with Crippen molar-refractivity contribution >= 4 is 39.7 Å². The third kappa shape index (κ3) is 1.39. The Hall–Kier alpha value is -0.0600. The van der Waals surface area contributed by atoms with E-state index in [9.17, 15) is 0 Å². The Morgan fingerprint density at radius 1 is 1.67 bits per heavy atom. The van der Waals surface area contributed by atoms with Gasteiger partial charge in [-0.1, -0.05) is 27.5 Å². The van der Waals surface area contributed by atoms with E-state index in [1.807, 2.05) is 16.7 Å². The highest BCUT2D eigenvalue weighted by atomic mass is 79.9. The van der Waals surface area contributed by atoms with Crippen LogP contribution in [0.5, 0.6) is 0 Å². The lowest BCUT2D eigenvalue weighted by Gasteiger charge is -2.18. The maximum atomic E-state index is 6.00. The SMILES string of the molecule is ClC1=CN2SNC=C2C=C1CBr. The molecule has 1 N–H and O–H groups in total. The van der Waals surface area contributed by atoms with E-state index in [0.717, 1.165) is 21.6 Å². The van der Waals surface area contributed by atoms with Crippen LogP contribution in [0.25, 0.3) is 0 Å². The van der Waals surface area contributed by atoms with E-state index < -0.39 is 0 Å². The van der Waals surface area contributed by atoms with E-state index in [0.29, 0.717) is 0 Å². The first-order valence-electron chi connectivity index (χ1n) is 3.37. The molecular formula is C7H6BrClN2S. The van der Waals surface area contributed by atoms with Crippen molar-refractivity contribution in [3.8, 4) is 0 Å². The molecule has 2 aliphatic heterocycles. The molecule has 2 aliphatic rings. The molecule has 0 radical (unpaired) electrons. The molecule has 0 saturated heterocycles. The summed E-state index contributed by atoms with van der Waals surface area (Å²) in [5.41, 5.74) is 2.25. The Morgan fingerprint density at radius 3 is 3.25 bits per heavy atom. The van der Waals surface area contributed by atoms with Crippen LogP contribution >= 0.6 is 39.7 Å².